The molecule has 0 amide bonds. The van der Waals surface area contributed by atoms with E-state index in [1.807, 2.05) is 0 Å². The molecule has 1 rings (SSSR count). The van der Waals surface area contributed by atoms with Crippen molar-refractivity contribution in [2.45, 2.75) is 13.0 Å². The van der Waals surface area contributed by atoms with Crippen LogP contribution in [0.2, 0.25) is 0 Å². The predicted octanol–water partition coefficient (Wildman–Crippen LogP) is 1.23. The third-order valence-corrected chi connectivity index (χ3v) is 2.10. The lowest BCUT2D eigenvalue weighted by molar-refractivity contribution is 0.185. The lowest BCUT2D eigenvalue weighted by atomic mass is 10.3. The van der Waals surface area contributed by atoms with E-state index in [1.54, 1.807) is 6.92 Å². The highest BCUT2D eigenvalue weighted by molar-refractivity contribution is 5.93. The summed E-state index contributed by atoms with van der Waals surface area (Å²) in [5, 5.41) is 2.46. The van der Waals surface area contributed by atoms with E-state index >= 15 is 0 Å². The molecule has 0 spiro atoms. The highest BCUT2D eigenvalue weighted by Crippen LogP contribution is 2.17. The van der Waals surface area contributed by atoms with Gasteiger partial charge in [-0.15, -0.1) is 0 Å². The van der Waals surface area contributed by atoms with Crippen molar-refractivity contribution in [3.8, 4) is 0 Å². The van der Waals surface area contributed by atoms with Crippen molar-refractivity contribution in [2.75, 3.05) is 19.0 Å². The third-order valence-electron chi connectivity index (χ3n) is 2.10. The highest BCUT2D eigenvalue weighted by atomic mass is 19.1. The van der Waals surface area contributed by atoms with E-state index in [-0.39, 0.29) is 17.7 Å². The summed E-state index contributed by atoms with van der Waals surface area (Å²) in [7, 11) is 1.53. The summed E-state index contributed by atoms with van der Waals surface area (Å²) in [6.07, 6.45) is 0. The van der Waals surface area contributed by atoms with Gasteiger partial charge in [-0.2, -0.15) is 0 Å². The van der Waals surface area contributed by atoms with Gasteiger partial charge in [-0.25, -0.2) is 19.6 Å². The van der Waals surface area contributed by atoms with Crippen molar-refractivity contribution >= 4 is 11.6 Å². The van der Waals surface area contributed by atoms with Crippen LogP contribution in [-0.2, 0) is 4.74 Å². The molecule has 1 atom stereocenters. The van der Waals surface area contributed by atoms with Crippen LogP contribution in [-0.4, -0.2) is 25.7 Å². The number of nitrogens with two attached hydrogens (primary N) is 1. The molecule has 1 aromatic rings. The second-order valence-corrected chi connectivity index (χ2v) is 3.65. The molecular weight excluding hydrogens is 242 g/mol. The van der Waals surface area contributed by atoms with E-state index in [0.29, 0.717) is 6.61 Å². The summed E-state index contributed by atoms with van der Waals surface area (Å²) in [5.41, 5.74) is 1.94. The molecule has 1 aromatic carbocycles. The Kier molecular flexibility index (Phi) is 5.47. The number of nitrogens with one attached hydrogen (secondary N) is 2. The Morgan fingerprint density at radius 2 is 2.06 bits per heavy atom. The van der Waals surface area contributed by atoms with E-state index in [2.05, 4.69) is 15.7 Å². The Balaban J connectivity index is 2.86. The second-order valence-electron chi connectivity index (χ2n) is 3.65. The van der Waals surface area contributed by atoms with Crippen LogP contribution in [0.15, 0.2) is 23.2 Å². The standard InChI is InChI=1S/C11H16F2N4O/c1-7(6-18-2)15-11(17-14)16-10-8(12)4-3-5-9(10)13/h3-5,7H,6,14H2,1-2H3,(H2,15,16,17). The van der Waals surface area contributed by atoms with Gasteiger partial charge in [0.1, 0.15) is 17.3 Å². The Labute approximate surface area is 104 Å². The van der Waals surface area contributed by atoms with Crippen LogP contribution in [0, 0.1) is 11.6 Å². The van der Waals surface area contributed by atoms with Crippen LogP contribution >= 0.6 is 0 Å². The van der Waals surface area contributed by atoms with Crippen molar-refractivity contribution < 1.29 is 13.5 Å². The van der Waals surface area contributed by atoms with Crippen molar-refractivity contribution in [3.05, 3.63) is 29.8 Å². The highest BCUT2D eigenvalue weighted by Gasteiger charge is 2.10. The zero-order chi connectivity index (χ0) is 13.5. The zero-order valence-corrected chi connectivity index (χ0v) is 10.2. The van der Waals surface area contributed by atoms with Crippen molar-refractivity contribution in [2.24, 2.45) is 10.8 Å². The Morgan fingerprint density at radius 3 is 2.56 bits per heavy atom. The SMILES string of the molecule is COCC(C)N=C(NN)Nc1c(F)cccc1F. The molecule has 0 aliphatic carbocycles. The molecule has 0 aliphatic heterocycles. The Morgan fingerprint density at radius 1 is 1.44 bits per heavy atom. The first-order valence-corrected chi connectivity index (χ1v) is 5.32. The molecule has 0 saturated heterocycles. The van der Waals surface area contributed by atoms with E-state index in [4.69, 9.17) is 10.6 Å². The summed E-state index contributed by atoms with van der Waals surface area (Å²) in [6.45, 7) is 2.15. The molecular formula is C11H16F2N4O. The fourth-order valence-corrected chi connectivity index (χ4v) is 1.34. The van der Waals surface area contributed by atoms with Crippen LogP contribution < -0.4 is 16.6 Å². The average molecular weight is 258 g/mol. The number of anilines is 1. The lowest BCUT2D eigenvalue weighted by Crippen LogP contribution is -2.38. The summed E-state index contributed by atoms with van der Waals surface area (Å²) >= 11 is 0. The smallest absolute Gasteiger partial charge is 0.210 e. The largest absolute Gasteiger partial charge is 0.382 e. The van der Waals surface area contributed by atoms with Gasteiger partial charge in [-0.3, -0.25) is 5.43 Å². The number of benzene rings is 1. The summed E-state index contributed by atoms with van der Waals surface area (Å²) in [5.74, 6) is 3.85. The predicted molar refractivity (Wildman–Crippen MR) is 66.1 cm³/mol. The molecule has 100 valence electrons. The number of rotatable bonds is 4. The summed E-state index contributed by atoms with van der Waals surface area (Å²) in [4.78, 5) is 4.07. The number of nitrogens with zero attached hydrogens (tertiary/aromatic N) is 1. The Hall–Kier alpha value is -1.73. The third kappa shape index (κ3) is 3.94. The van der Waals surface area contributed by atoms with Crippen molar-refractivity contribution in [3.63, 3.8) is 0 Å². The molecule has 1 unspecified atom stereocenters. The molecule has 0 fully saturated rings. The molecule has 0 saturated carbocycles. The lowest BCUT2D eigenvalue weighted by Gasteiger charge is -2.13. The molecule has 5 nitrogen and oxygen atoms in total. The van der Waals surface area contributed by atoms with Gasteiger partial charge < -0.3 is 10.1 Å². The number of para-hydroxylation sites is 1. The fraction of sp³-hybridized carbons (Fsp3) is 0.364. The van der Waals surface area contributed by atoms with E-state index in [1.165, 1.54) is 13.2 Å². The minimum atomic E-state index is -0.725. The molecule has 0 heterocycles. The van der Waals surface area contributed by atoms with Gasteiger partial charge in [-0.05, 0) is 19.1 Å². The first kappa shape index (κ1) is 14.3. The number of hydrazine groups is 1. The van der Waals surface area contributed by atoms with Crippen molar-refractivity contribution in [1.82, 2.24) is 5.43 Å². The summed E-state index contributed by atoms with van der Waals surface area (Å²) < 4.78 is 31.7. The number of guanidine groups is 1. The fourth-order valence-electron chi connectivity index (χ4n) is 1.34. The van der Waals surface area contributed by atoms with Gasteiger partial charge in [0, 0.05) is 7.11 Å². The topological polar surface area (TPSA) is 71.7 Å². The molecule has 0 radical (unpaired) electrons. The molecule has 0 bridgehead atoms. The average Bonchev–Trinajstić information content (AvgIpc) is 2.33. The minimum absolute atomic E-state index is 0.0588. The molecule has 0 aromatic heterocycles. The first-order valence-electron chi connectivity index (χ1n) is 5.32. The molecule has 18 heavy (non-hydrogen) atoms. The van der Waals surface area contributed by atoms with Gasteiger partial charge in [-0.1, -0.05) is 6.07 Å². The quantitative estimate of drug-likeness (QED) is 0.329. The number of halogens is 2. The van der Waals surface area contributed by atoms with Crippen LogP contribution in [0.25, 0.3) is 0 Å². The van der Waals surface area contributed by atoms with Gasteiger partial charge in [0.15, 0.2) is 0 Å². The van der Waals surface area contributed by atoms with Crippen LogP contribution in [0.1, 0.15) is 6.92 Å². The monoisotopic (exact) mass is 258 g/mol. The van der Waals surface area contributed by atoms with Crippen molar-refractivity contribution in [1.29, 1.82) is 0 Å². The van der Waals surface area contributed by atoms with Crippen LogP contribution in [0.4, 0.5) is 14.5 Å². The number of hydrogen-bond donors (Lipinski definition) is 3. The van der Waals surface area contributed by atoms with E-state index < -0.39 is 11.6 Å². The van der Waals surface area contributed by atoms with Gasteiger partial charge in [0.2, 0.25) is 5.96 Å². The van der Waals surface area contributed by atoms with Gasteiger partial charge in [0.05, 0.1) is 12.6 Å². The minimum Gasteiger partial charge on any atom is -0.382 e. The van der Waals surface area contributed by atoms with Crippen LogP contribution in [0.5, 0.6) is 0 Å². The van der Waals surface area contributed by atoms with E-state index in [9.17, 15) is 8.78 Å². The normalized spacial score (nSPS) is 13.3. The maximum absolute atomic E-state index is 13.4. The molecule has 0 aliphatic rings. The molecule has 4 N–H and O–H groups in total. The number of hydrogen-bond acceptors (Lipinski definition) is 3. The van der Waals surface area contributed by atoms with Gasteiger partial charge in [0.25, 0.3) is 0 Å². The van der Waals surface area contributed by atoms with Gasteiger partial charge >= 0.3 is 0 Å². The number of aliphatic imine (C=N–C) groups is 1. The Bertz CT molecular complexity index is 405. The zero-order valence-electron chi connectivity index (χ0n) is 10.2. The number of methoxy groups -OCH3 is 1. The van der Waals surface area contributed by atoms with Crippen LogP contribution in [0.3, 0.4) is 0 Å². The summed E-state index contributed by atoms with van der Waals surface area (Å²) in [6, 6.07) is 3.34. The maximum Gasteiger partial charge on any atom is 0.210 e. The molecule has 7 heteroatoms. The second kappa shape index (κ2) is 6.87. The van der Waals surface area contributed by atoms with E-state index in [0.717, 1.165) is 12.1 Å². The maximum atomic E-state index is 13.4. The first-order chi connectivity index (χ1) is 8.58. The number of ether oxygens (including phenoxy) is 1.